The minimum atomic E-state index is -0.193. The van der Waals surface area contributed by atoms with Gasteiger partial charge in [0.15, 0.2) is 0 Å². The number of amides is 1. The van der Waals surface area contributed by atoms with Crippen molar-refractivity contribution >= 4 is 17.9 Å². The van der Waals surface area contributed by atoms with Gasteiger partial charge in [0.25, 0.3) is 0 Å². The fraction of sp³-hybridized carbons (Fsp3) is 0.786. The van der Waals surface area contributed by atoms with Crippen molar-refractivity contribution in [3.05, 3.63) is 0 Å². The van der Waals surface area contributed by atoms with E-state index in [0.29, 0.717) is 12.5 Å². The largest absolute Gasteiger partial charge is 0.354 e. The molecule has 0 saturated carbocycles. The summed E-state index contributed by atoms with van der Waals surface area (Å²) in [6, 6.07) is -0.193. The molecular weight excluding hydrogens is 228 g/mol. The zero-order valence-electron chi connectivity index (χ0n) is 11.6. The monoisotopic (exact) mass is 252 g/mol. The molecule has 1 heterocycles. The van der Waals surface area contributed by atoms with Gasteiger partial charge in [0.05, 0.1) is 0 Å². The Hall–Kier alpha value is -1.19. The maximum Gasteiger partial charge on any atom is 0.245 e. The topological polar surface area (TPSA) is 58.5 Å². The highest BCUT2D eigenvalue weighted by Gasteiger charge is 2.26. The van der Waals surface area contributed by atoms with Crippen LogP contribution in [-0.4, -0.2) is 30.5 Å². The Morgan fingerprint density at radius 1 is 1.44 bits per heavy atom. The summed E-state index contributed by atoms with van der Waals surface area (Å²) in [6.45, 7) is 6.32. The maximum absolute atomic E-state index is 11.8. The van der Waals surface area contributed by atoms with E-state index in [2.05, 4.69) is 10.3 Å². The molecule has 0 aromatic carbocycles. The molecule has 0 fully saturated rings. The number of unbranched alkanes of at least 4 members (excludes halogenated alkanes) is 1. The summed E-state index contributed by atoms with van der Waals surface area (Å²) in [5, 5.41) is 2.92. The van der Waals surface area contributed by atoms with Crippen molar-refractivity contribution in [2.45, 2.75) is 52.5 Å². The van der Waals surface area contributed by atoms with Crippen LogP contribution in [0.2, 0.25) is 0 Å². The smallest absolute Gasteiger partial charge is 0.245 e. The molecule has 0 aliphatic carbocycles. The van der Waals surface area contributed by atoms with Gasteiger partial charge in [-0.05, 0) is 32.1 Å². The highest BCUT2D eigenvalue weighted by Crippen LogP contribution is 2.16. The van der Waals surface area contributed by atoms with Crippen LogP contribution >= 0.6 is 0 Å². The predicted molar refractivity (Wildman–Crippen MR) is 72.8 cm³/mol. The second-order valence-corrected chi connectivity index (χ2v) is 5.29. The maximum atomic E-state index is 11.8. The molecule has 4 nitrogen and oxygen atoms in total. The first-order valence-electron chi connectivity index (χ1n) is 6.82. The van der Waals surface area contributed by atoms with E-state index in [4.69, 9.17) is 0 Å². The molecule has 1 aliphatic heterocycles. The molecule has 0 aromatic heterocycles. The molecule has 1 rings (SSSR count). The van der Waals surface area contributed by atoms with Gasteiger partial charge in [-0.25, -0.2) is 0 Å². The molecule has 1 N–H and O–H groups in total. The summed E-state index contributed by atoms with van der Waals surface area (Å²) >= 11 is 0. The van der Waals surface area contributed by atoms with Crippen molar-refractivity contribution in [3.8, 4) is 0 Å². The number of nitrogens with one attached hydrogen (secondary N) is 1. The van der Waals surface area contributed by atoms with Gasteiger partial charge in [-0.15, -0.1) is 0 Å². The van der Waals surface area contributed by atoms with Crippen LogP contribution in [-0.2, 0) is 9.59 Å². The Morgan fingerprint density at radius 2 is 2.17 bits per heavy atom. The number of nitrogens with zero attached hydrogens (tertiary/aromatic N) is 1. The summed E-state index contributed by atoms with van der Waals surface area (Å²) in [4.78, 5) is 27.0. The number of carbonyl (C=O) groups is 2. The lowest BCUT2D eigenvalue weighted by Gasteiger charge is -2.13. The number of carbonyl (C=O) groups excluding carboxylic acids is 2. The van der Waals surface area contributed by atoms with E-state index in [-0.39, 0.29) is 23.7 Å². The Morgan fingerprint density at radius 3 is 2.72 bits per heavy atom. The Labute approximate surface area is 109 Å². The van der Waals surface area contributed by atoms with Gasteiger partial charge < -0.3 is 5.32 Å². The van der Waals surface area contributed by atoms with E-state index in [1.165, 1.54) is 0 Å². The molecule has 0 unspecified atom stereocenters. The summed E-state index contributed by atoms with van der Waals surface area (Å²) in [5.41, 5.74) is 0. The van der Waals surface area contributed by atoms with Gasteiger partial charge in [0.1, 0.15) is 11.8 Å². The van der Waals surface area contributed by atoms with Crippen molar-refractivity contribution in [1.82, 2.24) is 5.32 Å². The number of hydrogen-bond donors (Lipinski definition) is 1. The van der Waals surface area contributed by atoms with Crippen molar-refractivity contribution in [1.29, 1.82) is 0 Å². The lowest BCUT2D eigenvalue weighted by Crippen LogP contribution is -2.36. The van der Waals surface area contributed by atoms with Crippen LogP contribution in [0.15, 0.2) is 4.99 Å². The lowest BCUT2D eigenvalue weighted by molar-refractivity contribution is -0.123. The fourth-order valence-corrected chi connectivity index (χ4v) is 2.04. The molecule has 0 radical (unpaired) electrons. The van der Waals surface area contributed by atoms with Gasteiger partial charge in [-0.3, -0.25) is 14.6 Å². The molecule has 102 valence electrons. The van der Waals surface area contributed by atoms with Crippen molar-refractivity contribution < 1.29 is 9.59 Å². The van der Waals surface area contributed by atoms with Gasteiger partial charge in [-0.2, -0.15) is 0 Å². The van der Waals surface area contributed by atoms with E-state index in [9.17, 15) is 9.59 Å². The van der Waals surface area contributed by atoms with Crippen LogP contribution in [0.1, 0.15) is 46.5 Å². The third kappa shape index (κ3) is 4.59. The van der Waals surface area contributed by atoms with Gasteiger partial charge >= 0.3 is 0 Å². The van der Waals surface area contributed by atoms with Crippen LogP contribution < -0.4 is 5.32 Å². The van der Waals surface area contributed by atoms with Crippen molar-refractivity contribution in [2.75, 3.05) is 6.54 Å². The standard InChI is InChI=1S/C14H24N2O2/c1-10(12(3)17)6-4-5-8-16-14(18)13-11(2)7-9-15-13/h9-11,13H,4-8H2,1-3H3,(H,16,18)/t10-,11+,13+/m1/s1. The van der Waals surface area contributed by atoms with Crippen molar-refractivity contribution in [3.63, 3.8) is 0 Å². The van der Waals surface area contributed by atoms with E-state index in [1.54, 1.807) is 6.92 Å². The lowest BCUT2D eigenvalue weighted by atomic mass is 10.0. The molecular formula is C14H24N2O2. The minimum absolute atomic E-state index is 0.0378. The third-order valence-electron chi connectivity index (χ3n) is 3.61. The molecule has 18 heavy (non-hydrogen) atoms. The third-order valence-corrected chi connectivity index (χ3v) is 3.61. The van der Waals surface area contributed by atoms with Crippen LogP contribution in [0.25, 0.3) is 0 Å². The van der Waals surface area contributed by atoms with Crippen LogP contribution in [0, 0.1) is 11.8 Å². The molecule has 0 aromatic rings. The number of aliphatic imine (C=N–C) groups is 1. The van der Waals surface area contributed by atoms with Crippen LogP contribution in [0.4, 0.5) is 0 Å². The van der Waals surface area contributed by atoms with E-state index < -0.39 is 0 Å². The number of ketones is 1. The molecule has 3 atom stereocenters. The molecule has 0 bridgehead atoms. The SMILES string of the molecule is CC(=O)[C@H](C)CCCCNC(=O)[C@H]1N=CC[C@@H]1C. The first kappa shape index (κ1) is 14.9. The quantitative estimate of drug-likeness (QED) is 0.704. The first-order valence-corrected chi connectivity index (χ1v) is 6.82. The average Bonchev–Trinajstić information content (AvgIpc) is 2.74. The van der Waals surface area contributed by atoms with E-state index in [1.807, 2.05) is 20.1 Å². The second kappa shape index (κ2) is 7.29. The summed E-state index contributed by atoms with van der Waals surface area (Å²) in [5.74, 6) is 0.743. The first-order chi connectivity index (χ1) is 8.52. The Bertz CT molecular complexity index is 326. The fourth-order valence-electron chi connectivity index (χ4n) is 2.04. The van der Waals surface area contributed by atoms with E-state index >= 15 is 0 Å². The number of Topliss-reactive ketones (excluding diaryl/α,β-unsaturated/α-hetero) is 1. The highest BCUT2D eigenvalue weighted by molar-refractivity contribution is 5.85. The minimum Gasteiger partial charge on any atom is -0.354 e. The van der Waals surface area contributed by atoms with Gasteiger partial charge in [0.2, 0.25) is 5.91 Å². The van der Waals surface area contributed by atoms with Crippen LogP contribution in [0.5, 0.6) is 0 Å². The summed E-state index contributed by atoms with van der Waals surface area (Å²) in [7, 11) is 0. The molecule has 0 saturated heterocycles. The summed E-state index contributed by atoms with van der Waals surface area (Å²) < 4.78 is 0. The molecule has 1 amide bonds. The number of hydrogen-bond acceptors (Lipinski definition) is 3. The molecule has 1 aliphatic rings. The van der Waals surface area contributed by atoms with Crippen molar-refractivity contribution in [2.24, 2.45) is 16.8 Å². The average molecular weight is 252 g/mol. The Balaban J connectivity index is 2.09. The van der Waals surface area contributed by atoms with Crippen LogP contribution in [0.3, 0.4) is 0 Å². The molecule has 4 heteroatoms. The summed E-state index contributed by atoms with van der Waals surface area (Å²) in [6.07, 6.45) is 5.54. The van der Waals surface area contributed by atoms with E-state index in [0.717, 1.165) is 25.7 Å². The Kier molecular flexibility index (Phi) is 6.02. The zero-order chi connectivity index (χ0) is 13.5. The number of rotatable bonds is 7. The normalized spacial score (nSPS) is 23.9. The zero-order valence-corrected chi connectivity index (χ0v) is 11.6. The highest BCUT2D eigenvalue weighted by atomic mass is 16.2. The second-order valence-electron chi connectivity index (χ2n) is 5.29. The van der Waals surface area contributed by atoms with Gasteiger partial charge in [0, 0.05) is 18.7 Å². The van der Waals surface area contributed by atoms with Gasteiger partial charge in [-0.1, -0.05) is 20.3 Å². The molecule has 0 spiro atoms. The predicted octanol–water partition coefficient (Wildman–Crippen LogP) is 1.98.